The van der Waals surface area contributed by atoms with E-state index >= 15 is 0 Å². The van der Waals surface area contributed by atoms with E-state index in [-0.39, 0.29) is 0 Å². The summed E-state index contributed by atoms with van der Waals surface area (Å²) >= 11 is 0. The van der Waals surface area contributed by atoms with Crippen molar-refractivity contribution in [2.75, 3.05) is 5.32 Å². The minimum atomic E-state index is 0.498. The molecule has 0 radical (unpaired) electrons. The Kier molecular flexibility index (Phi) is 2.71. The predicted octanol–water partition coefficient (Wildman–Crippen LogP) is 2.83. The number of hydrogen-bond acceptors (Lipinski definition) is 4. The highest BCUT2D eigenvalue weighted by Crippen LogP contribution is 2.55. The average Bonchev–Trinajstić information content (AvgIpc) is 3.08. The van der Waals surface area contributed by atoms with Crippen molar-refractivity contribution in [3.05, 3.63) is 53.5 Å². The third-order valence-corrected chi connectivity index (χ3v) is 5.31. The van der Waals surface area contributed by atoms with Gasteiger partial charge in [0.05, 0.1) is 0 Å². The molecule has 1 aromatic carbocycles. The lowest BCUT2D eigenvalue weighted by molar-refractivity contribution is 0.661. The average molecular weight is 305 g/mol. The van der Waals surface area contributed by atoms with Crippen molar-refractivity contribution in [1.82, 2.24) is 19.6 Å². The molecular weight excluding hydrogens is 286 g/mol. The Morgan fingerprint density at radius 1 is 1.30 bits per heavy atom. The fourth-order valence-corrected chi connectivity index (χ4v) is 4.08. The summed E-state index contributed by atoms with van der Waals surface area (Å²) < 4.78 is 1.81. The lowest BCUT2D eigenvalue weighted by Crippen LogP contribution is -2.11. The first kappa shape index (κ1) is 13.0. The molecule has 116 valence electrons. The van der Waals surface area contributed by atoms with Crippen molar-refractivity contribution in [3.8, 4) is 0 Å². The van der Waals surface area contributed by atoms with Crippen LogP contribution in [0.5, 0.6) is 0 Å². The Morgan fingerprint density at radius 3 is 3.13 bits per heavy atom. The Morgan fingerprint density at radius 2 is 2.22 bits per heavy atom. The number of hydrogen-bond donors (Lipinski definition) is 1. The van der Waals surface area contributed by atoms with E-state index in [0.717, 1.165) is 23.9 Å². The smallest absolute Gasteiger partial charge is 0.254 e. The Balaban J connectivity index is 1.49. The Hall–Kier alpha value is -2.43. The van der Waals surface area contributed by atoms with E-state index in [0.29, 0.717) is 17.7 Å². The molecular formula is C18H19N5. The van der Waals surface area contributed by atoms with Crippen LogP contribution in [-0.2, 0) is 12.8 Å². The van der Waals surface area contributed by atoms with Gasteiger partial charge in [0.1, 0.15) is 12.1 Å². The van der Waals surface area contributed by atoms with Crippen molar-refractivity contribution in [1.29, 1.82) is 0 Å². The predicted molar refractivity (Wildman–Crippen MR) is 88.6 cm³/mol. The summed E-state index contributed by atoms with van der Waals surface area (Å²) in [6, 6.07) is 11.5. The first-order chi connectivity index (χ1) is 11.3. The molecule has 5 nitrogen and oxygen atoms in total. The molecule has 3 aromatic rings. The lowest BCUT2D eigenvalue weighted by Gasteiger charge is -2.13. The number of nitrogens with one attached hydrogen (secondary N) is 1. The van der Waals surface area contributed by atoms with Crippen LogP contribution >= 0.6 is 0 Å². The van der Waals surface area contributed by atoms with Crippen LogP contribution in [0.4, 0.5) is 5.82 Å². The SMILES string of the molecule is CCc1cc(NC2C3CCc4ccccc4C32)n2ncnc2n1. The number of nitrogens with zero attached hydrogens (tertiary/aromatic N) is 4. The summed E-state index contributed by atoms with van der Waals surface area (Å²) in [5, 5.41) is 8.04. The fraction of sp³-hybridized carbons (Fsp3) is 0.389. The van der Waals surface area contributed by atoms with E-state index in [1.807, 2.05) is 4.52 Å². The van der Waals surface area contributed by atoms with Gasteiger partial charge < -0.3 is 5.32 Å². The van der Waals surface area contributed by atoms with Gasteiger partial charge in [-0.25, -0.2) is 4.98 Å². The van der Waals surface area contributed by atoms with Crippen molar-refractivity contribution in [3.63, 3.8) is 0 Å². The zero-order valence-corrected chi connectivity index (χ0v) is 13.1. The van der Waals surface area contributed by atoms with Crippen LogP contribution in [0.2, 0.25) is 0 Å². The van der Waals surface area contributed by atoms with Crippen molar-refractivity contribution >= 4 is 11.6 Å². The minimum Gasteiger partial charge on any atom is -0.366 e. The van der Waals surface area contributed by atoms with E-state index < -0.39 is 0 Å². The summed E-state index contributed by atoms with van der Waals surface area (Å²) in [6.07, 6.45) is 4.94. The van der Waals surface area contributed by atoms with Gasteiger partial charge in [0.25, 0.3) is 5.78 Å². The van der Waals surface area contributed by atoms with Gasteiger partial charge in [-0.3, -0.25) is 0 Å². The van der Waals surface area contributed by atoms with Crippen LogP contribution in [0.3, 0.4) is 0 Å². The van der Waals surface area contributed by atoms with Crippen LogP contribution in [-0.4, -0.2) is 25.6 Å². The molecule has 1 N–H and O–H groups in total. The van der Waals surface area contributed by atoms with Crippen LogP contribution in [0, 0.1) is 5.92 Å². The van der Waals surface area contributed by atoms with E-state index in [2.05, 4.69) is 57.6 Å². The standard InChI is InChI=1S/C18H19N5/c1-2-12-9-15(23-18(21-12)19-10-20-23)22-17-14-8-7-11-5-3-4-6-13(11)16(14)17/h3-6,9-10,14,16-17,22H,2,7-8H2,1H3. The zero-order valence-electron chi connectivity index (χ0n) is 13.1. The minimum absolute atomic E-state index is 0.498. The molecule has 2 aliphatic carbocycles. The Bertz CT molecular complexity index is 884. The van der Waals surface area contributed by atoms with Gasteiger partial charge in [0, 0.05) is 23.7 Å². The van der Waals surface area contributed by atoms with E-state index in [4.69, 9.17) is 0 Å². The molecule has 5 heteroatoms. The third-order valence-electron chi connectivity index (χ3n) is 5.31. The second-order valence-electron chi connectivity index (χ2n) is 6.56. The summed E-state index contributed by atoms with van der Waals surface area (Å²) in [5.41, 5.74) is 4.10. The highest BCUT2D eigenvalue weighted by Gasteiger charge is 2.53. The molecule has 0 spiro atoms. The summed E-state index contributed by atoms with van der Waals surface area (Å²) in [6.45, 7) is 2.12. The quantitative estimate of drug-likeness (QED) is 0.808. The number of anilines is 1. The summed E-state index contributed by atoms with van der Waals surface area (Å²) in [5.74, 6) is 3.07. The number of benzene rings is 1. The number of rotatable bonds is 3. The van der Waals surface area contributed by atoms with E-state index in [1.165, 1.54) is 24.0 Å². The maximum absolute atomic E-state index is 4.52. The number of aromatic nitrogens is 4. The monoisotopic (exact) mass is 305 g/mol. The van der Waals surface area contributed by atoms with Gasteiger partial charge >= 0.3 is 0 Å². The molecule has 2 aromatic heterocycles. The molecule has 1 saturated carbocycles. The second kappa shape index (κ2) is 4.78. The maximum atomic E-state index is 4.52. The first-order valence-corrected chi connectivity index (χ1v) is 8.39. The van der Waals surface area contributed by atoms with Gasteiger partial charge in [-0.2, -0.15) is 14.6 Å². The van der Waals surface area contributed by atoms with Crippen molar-refractivity contribution in [2.45, 2.75) is 38.1 Å². The van der Waals surface area contributed by atoms with Gasteiger partial charge in [0.2, 0.25) is 0 Å². The molecule has 2 heterocycles. The molecule has 3 atom stereocenters. The van der Waals surface area contributed by atoms with Crippen molar-refractivity contribution in [2.24, 2.45) is 5.92 Å². The molecule has 0 saturated heterocycles. The molecule has 0 amide bonds. The lowest BCUT2D eigenvalue weighted by atomic mass is 9.92. The fourth-order valence-electron chi connectivity index (χ4n) is 4.08. The highest BCUT2D eigenvalue weighted by molar-refractivity contribution is 5.51. The largest absolute Gasteiger partial charge is 0.366 e. The van der Waals surface area contributed by atoms with Gasteiger partial charge in [-0.1, -0.05) is 31.2 Å². The molecule has 23 heavy (non-hydrogen) atoms. The first-order valence-electron chi connectivity index (χ1n) is 8.39. The molecule has 0 bridgehead atoms. The molecule has 0 aliphatic heterocycles. The van der Waals surface area contributed by atoms with Gasteiger partial charge in [0.15, 0.2) is 0 Å². The van der Waals surface area contributed by atoms with Crippen molar-refractivity contribution < 1.29 is 0 Å². The van der Waals surface area contributed by atoms with E-state index in [1.54, 1.807) is 6.33 Å². The van der Waals surface area contributed by atoms with Gasteiger partial charge in [-0.15, -0.1) is 0 Å². The molecule has 3 unspecified atom stereocenters. The number of fused-ring (bicyclic) bond motifs is 4. The summed E-state index contributed by atoms with van der Waals surface area (Å²) in [4.78, 5) is 8.76. The highest BCUT2D eigenvalue weighted by atomic mass is 15.4. The topological polar surface area (TPSA) is 55.1 Å². The van der Waals surface area contributed by atoms with E-state index in [9.17, 15) is 0 Å². The maximum Gasteiger partial charge on any atom is 0.254 e. The molecule has 5 rings (SSSR count). The third kappa shape index (κ3) is 1.96. The van der Waals surface area contributed by atoms with Crippen LogP contribution < -0.4 is 5.32 Å². The Labute approximate surface area is 134 Å². The second-order valence-corrected chi connectivity index (χ2v) is 6.56. The number of aryl methyl sites for hydroxylation is 2. The zero-order chi connectivity index (χ0) is 15.4. The molecule has 2 aliphatic rings. The van der Waals surface area contributed by atoms with Crippen LogP contribution in [0.25, 0.3) is 5.78 Å². The molecule has 1 fully saturated rings. The van der Waals surface area contributed by atoms with Crippen LogP contribution in [0.15, 0.2) is 36.7 Å². The van der Waals surface area contributed by atoms with Crippen LogP contribution in [0.1, 0.15) is 36.1 Å². The normalized spacial score (nSPS) is 25.0. The summed E-state index contributed by atoms with van der Waals surface area (Å²) in [7, 11) is 0. The van der Waals surface area contributed by atoms with Gasteiger partial charge in [-0.05, 0) is 36.3 Å².